The number of hydrogen-bond acceptors (Lipinski definition) is 3. The summed E-state index contributed by atoms with van der Waals surface area (Å²) < 4.78 is 5.16. The third kappa shape index (κ3) is 4.96. The van der Waals surface area contributed by atoms with E-state index in [1.54, 1.807) is 7.11 Å². The molecule has 0 radical (unpaired) electrons. The molecule has 1 unspecified atom stereocenters. The lowest BCUT2D eigenvalue weighted by Crippen LogP contribution is -2.53. The maximum atomic E-state index is 5.88. The highest BCUT2D eigenvalue weighted by Gasteiger charge is 2.28. The van der Waals surface area contributed by atoms with Crippen LogP contribution in [0.2, 0.25) is 0 Å². The Morgan fingerprint density at radius 2 is 2.00 bits per heavy atom. The molecule has 3 heteroatoms. The lowest BCUT2D eigenvalue weighted by atomic mass is 9.95. The minimum absolute atomic E-state index is 0.114. The largest absolute Gasteiger partial charge is 0.383 e. The van der Waals surface area contributed by atoms with E-state index in [0.29, 0.717) is 12.5 Å². The Kier molecular flexibility index (Phi) is 7.14. The molecule has 0 rings (SSSR count). The fourth-order valence-electron chi connectivity index (χ4n) is 1.72. The molecule has 2 N–H and O–H groups in total. The van der Waals surface area contributed by atoms with E-state index in [4.69, 9.17) is 10.5 Å². The summed E-state index contributed by atoms with van der Waals surface area (Å²) >= 11 is 0. The molecule has 1 atom stereocenters. The Balaban J connectivity index is 4.43. The van der Waals surface area contributed by atoms with Crippen LogP contribution < -0.4 is 5.73 Å². The summed E-state index contributed by atoms with van der Waals surface area (Å²) in [7, 11) is 1.75. The predicted octanol–water partition coefficient (Wildman–Crippen LogP) is 1.72. The molecule has 92 valence electrons. The molecule has 0 aliphatic carbocycles. The van der Waals surface area contributed by atoms with Crippen molar-refractivity contribution in [3.63, 3.8) is 0 Å². The molecule has 0 aromatic heterocycles. The number of ether oxygens (including phenoxy) is 1. The molecule has 0 spiro atoms. The van der Waals surface area contributed by atoms with Gasteiger partial charge in [0.2, 0.25) is 0 Å². The van der Waals surface area contributed by atoms with Gasteiger partial charge < -0.3 is 10.5 Å². The van der Waals surface area contributed by atoms with Crippen molar-refractivity contribution in [3.8, 4) is 0 Å². The van der Waals surface area contributed by atoms with Crippen LogP contribution in [-0.4, -0.2) is 43.8 Å². The first kappa shape index (κ1) is 14.9. The third-order valence-corrected chi connectivity index (χ3v) is 3.12. The van der Waals surface area contributed by atoms with Gasteiger partial charge in [-0.3, -0.25) is 4.90 Å². The lowest BCUT2D eigenvalue weighted by Gasteiger charge is -2.41. The van der Waals surface area contributed by atoms with E-state index in [2.05, 4.69) is 32.6 Å². The van der Waals surface area contributed by atoms with Crippen LogP contribution in [0.5, 0.6) is 0 Å². The van der Waals surface area contributed by atoms with E-state index in [1.807, 2.05) is 0 Å². The quantitative estimate of drug-likeness (QED) is 0.671. The molecule has 0 fully saturated rings. The van der Waals surface area contributed by atoms with Crippen molar-refractivity contribution in [3.05, 3.63) is 0 Å². The van der Waals surface area contributed by atoms with Crippen LogP contribution >= 0.6 is 0 Å². The van der Waals surface area contributed by atoms with Gasteiger partial charge in [0.25, 0.3) is 0 Å². The second-order valence-electron chi connectivity index (χ2n) is 4.89. The van der Waals surface area contributed by atoms with Gasteiger partial charge in [0.15, 0.2) is 0 Å². The van der Waals surface area contributed by atoms with Crippen LogP contribution in [0, 0.1) is 5.92 Å². The first-order valence-corrected chi connectivity index (χ1v) is 5.94. The van der Waals surface area contributed by atoms with Crippen LogP contribution in [0.1, 0.15) is 34.1 Å². The SMILES string of the molecule is CCC(C)(CN)N(CCOC)CC(C)C. The van der Waals surface area contributed by atoms with Crippen molar-refractivity contribution in [2.24, 2.45) is 11.7 Å². The topological polar surface area (TPSA) is 38.5 Å². The minimum atomic E-state index is 0.114. The van der Waals surface area contributed by atoms with Crippen LogP contribution in [0.15, 0.2) is 0 Å². The molecule has 15 heavy (non-hydrogen) atoms. The molecule has 3 nitrogen and oxygen atoms in total. The second kappa shape index (κ2) is 7.20. The molecule has 0 aliphatic rings. The molecule has 0 aromatic carbocycles. The molecule has 0 heterocycles. The fourth-order valence-corrected chi connectivity index (χ4v) is 1.72. The Labute approximate surface area is 95.0 Å². The van der Waals surface area contributed by atoms with Crippen LogP contribution in [0.3, 0.4) is 0 Å². The number of nitrogens with zero attached hydrogens (tertiary/aromatic N) is 1. The molecule has 0 aromatic rings. The van der Waals surface area contributed by atoms with E-state index in [0.717, 1.165) is 26.1 Å². The van der Waals surface area contributed by atoms with Gasteiger partial charge in [-0.05, 0) is 19.3 Å². The summed E-state index contributed by atoms with van der Waals surface area (Å²) in [5.74, 6) is 0.666. The maximum absolute atomic E-state index is 5.88. The highest BCUT2D eigenvalue weighted by molar-refractivity contribution is 4.86. The summed E-state index contributed by atoms with van der Waals surface area (Å²) in [6.07, 6.45) is 1.08. The standard InChI is InChI=1S/C12H28N2O/c1-6-12(4,10-13)14(7-8-15-5)9-11(2)3/h11H,6-10,13H2,1-5H3. The summed E-state index contributed by atoms with van der Waals surface area (Å²) in [5.41, 5.74) is 6.00. The van der Waals surface area contributed by atoms with E-state index in [9.17, 15) is 0 Å². The Hall–Kier alpha value is -0.120. The highest BCUT2D eigenvalue weighted by atomic mass is 16.5. The molecular weight excluding hydrogens is 188 g/mol. The highest BCUT2D eigenvalue weighted by Crippen LogP contribution is 2.19. The lowest BCUT2D eigenvalue weighted by molar-refractivity contribution is 0.0582. The van der Waals surface area contributed by atoms with Crippen molar-refractivity contribution in [2.45, 2.75) is 39.7 Å². The van der Waals surface area contributed by atoms with Crippen LogP contribution in [0.25, 0.3) is 0 Å². The molecule has 0 saturated heterocycles. The van der Waals surface area contributed by atoms with Gasteiger partial charge in [-0.25, -0.2) is 0 Å². The van der Waals surface area contributed by atoms with Crippen molar-refractivity contribution >= 4 is 0 Å². The first-order valence-electron chi connectivity index (χ1n) is 5.94. The third-order valence-electron chi connectivity index (χ3n) is 3.12. The predicted molar refractivity (Wildman–Crippen MR) is 66.0 cm³/mol. The van der Waals surface area contributed by atoms with Gasteiger partial charge >= 0.3 is 0 Å². The molecule has 0 aliphatic heterocycles. The smallest absolute Gasteiger partial charge is 0.0589 e. The Morgan fingerprint density at radius 3 is 2.33 bits per heavy atom. The second-order valence-corrected chi connectivity index (χ2v) is 4.89. The van der Waals surface area contributed by atoms with Gasteiger partial charge in [0.05, 0.1) is 6.61 Å². The zero-order valence-electron chi connectivity index (χ0n) is 11.0. The molecule has 0 saturated carbocycles. The van der Waals surface area contributed by atoms with Gasteiger partial charge in [-0.2, -0.15) is 0 Å². The van der Waals surface area contributed by atoms with Crippen LogP contribution in [0.4, 0.5) is 0 Å². The zero-order valence-corrected chi connectivity index (χ0v) is 11.0. The van der Waals surface area contributed by atoms with E-state index >= 15 is 0 Å². The number of hydrogen-bond donors (Lipinski definition) is 1. The summed E-state index contributed by atoms with van der Waals surface area (Å²) in [5, 5.41) is 0. The van der Waals surface area contributed by atoms with Gasteiger partial charge in [-0.15, -0.1) is 0 Å². The zero-order chi connectivity index (χ0) is 11.9. The van der Waals surface area contributed by atoms with Gasteiger partial charge in [-0.1, -0.05) is 20.8 Å². The van der Waals surface area contributed by atoms with Crippen molar-refractivity contribution in [2.75, 3.05) is 33.4 Å². The van der Waals surface area contributed by atoms with Crippen molar-refractivity contribution in [1.29, 1.82) is 0 Å². The first-order chi connectivity index (χ1) is 7.00. The molecular formula is C12H28N2O. The normalized spacial score (nSPS) is 16.0. The Bertz CT molecular complexity index is 156. The number of nitrogens with two attached hydrogens (primary N) is 1. The monoisotopic (exact) mass is 216 g/mol. The summed E-state index contributed by atoms with van der Waals surface area (Å²) in [6, 6.07) is 0. The average Bonchev–Trinajstić information content (AvgIpc) is 2.22. The summed E-state index contributed by atoms with van der Waals surface area (Å²) in [4.78, 5) is 2.46. The molecule has 0 amide bonds. The Morgan fingerprint density at radius 1 is 1.40 bits per heavy atom. The van der Waals surface area contributed by atoms with Crippen LogP contribution in [-0.2, 0) is 4.74 Å². The van der Waals surface area contributed by atoms with Gasteiger partial charge in [0, 0.05) is 32.3 Å². The van der Waals surface area contributed by atoms with Crippen molar-refractivity contribution in [1.82, 2.24) is 4.90 Å². The summed E-state index contributed by atoms with van der Waals surface area (Å²) in [6.45, 7) is 12.5. The number of rotatable bonds is 8. The molecule has 0 bridgehead atoms. The number of methoxy groups -OCH3 is 1. The van der Waals surface area contributed by atoms with E-state index in [-0.39, 0.29) is 5.54 Å². The van der Waals surface area contributed by atoms with Gasteiger partial charge in [0.1, 0.15) is 0 Å². The van der Waals surface area contributed by atoms with E-state index in [1.165, 1.54) is 0 Å². The minimum Gasteiger partial charge on any atom is -0.383 e. The van der Waals surface area contributed by atoms with E-state index < -0.39 is 0 Å². The average molecular weight is 216 g/mol. The fraction of sp³-hybridized carbons (Fsp3) is 1.00. The maximum Gasteiger partial charge on any atom is 0.0589 e. The van der Waals surface area contributed by atoms with Crippen molar-refractivity contribution < 1.29 is 4.74 Å².